The molecule has 0 aliphatic heterocycles. The molecular formula is C9H17N. The second-order valence-electron chi connectivity index (χ2n) is 2.43. The standard InChI is InChI=1S/C9H17N/c1-5-7-8-9(6-2)10(3)4/h5,7-8H,6H2,1-4H3/b7-5-,9-8+. The summed E-state index contributed by atoms with van der Waals surface area (Å²) in [6, 6.07) is 0. The Bertz CT molecular complexity index is 132. The van der Waals surface area contributed by atoms with Gasteiger partial charge in [0.15, 0.2) is 0 Å². The highest BCUT2D eigenvalue weighted by Gasteiger charge is 1.91. The quantitative estimate of drug-likeness (QED) is 0.543. The van der Waals surface area contributed by atoms with Crippen molar-refractivity contribution in [3.63, 3.8) is 0 Å². The first-order valence-electron chi connectivity index (χ1n) is 3.71. The van der Waals surface area contributed by atoms with Crippen molar-refractivity contribution < 1.29 is 0 Å². The number of hydrogen-bond donors (Lipinski definition) is 0. The van der Waals surface area contributed by atoms with Gasteiger partial charge < -0.3 is 4.90 Å². The molecule has 0 saturated heterocycles. The predicted molar refractivity (Wildman–Crippen MR) is 46.9 cm³/mol. The van der Waals surface area contributed by atoms with Gasteiger partial charge in [0, 0.05) is 19.8 Å². The molecule has 0 spiro atoms. The first-order valence-corrected chi connectivity index (χ1v) is 3.71. The van der Waals surface area contributed by atoms with E-state index in [9.17, 15) is 0 Å². The largest absolute Gasteiger partial charge is 0.381 e. The van der Waals surface area contributed by atoms with E-state index in [4.69, 9.17) is 0 Å². The molecule has 0 saturated carbocycles. The summed E-state index contributed by atoms with van der Waals surface area (Å²) in [4.78, 5) is 2.14. The molecule has 1 nitrogen and oxygen atoms in total. The average molecular weight is 139 g/mol. The Hall–Kier alpha value is -0.720. The Morgan fingerprint density at radius 3 is 2.30 bits per heavy atom. The molecule has 0 atom stereocenters. The summed E-state index contributed by atoms with van der Waals surface area (Å²) < 4.78 is 0. The lowest BCUT2D eigenvalue weighted by molar-refractivity contribution is 0.494. The van der Waals surface area contributed by atoms with Gasteiger partial charge in [-0.05, 0) is 19.4 Å². The minimum atomic E-state index is 1.09. The monoisotopic (exact) mass is 139 g/mol. The molecule has 0 aliphatic rings. The summed E-state index contributed by atoms with van der Waals surface area (Å²) in [5.74, 6) is 0. The van der Waals surface area contributed by atoms with E-state index in [-0.39, 0.29) is 0 Å². The van der Waals surface area contributed by atoms with Gasteiger partial charge in [-0.2, -0.15) is 0 Å². The first-order chi connectivity index (χ1) is 4.72. The Morgan fingerprint density at radius 2 is 2.00 bits per heavy atom. The van der Waals surface area contributed by atoms with E-state index in [0.29, 0.717) is 0 Å². The number of rotatable bonds is 3. The number of allylic oxidation sites excluding steroid dienone is 4. The van der Waals surface area contributed by atoms with Gasteiger partial charge in [-0.25, -0.2) is 0 Å². The molecule has 10 heavy (non-hydrogen) atoms. The van der Waals surface area contributed by atoms with Crippen LogP contribution in [0.25, 0.3) is 0 Å². The van der Waals surface area contributed by atoms with Crippen LogP contribution in [0.15, 0.2) is 23.9 Å². The van der Waals surface area contributed by atoms with Gasteiger partial charge >= 0.3 is 0 Å². The predicted octanol–water partition coefficient (Wildman–Crippen LogP) is 2.42. The Labute approximate surface area is 64.0 Å². The smallest absolute Gasteiger partial charge is 0.0124 e. The van der Waals surface area contributed by atoms with Crippen molar-refractivity contribution in [2.45, 2.75) is 20.3 Å². The summed E-state index contributed by atoms with van der Waals surface area (Å²) in [6.07, 6.45) is 7.34. The third-order valence-corrected chi connectivity index (χ3v) is 1.42. The summed E-state index contributed by atoms with van der Waals surface area (Å²) in [5, 5.41) is 0. The van der Waals surface area contributed by atoms with E-state index in [2.05, 4.69) is 38.1 Å². The van der Waals surface area contributed by atoms with Crippen LogP contribution in [0.1, 0.15) is 20.3 Å². The second-order valence-corrected chi connectivity index (χ2v) is 2.43. The van der Waals surface area contributed by atoms with Gasteiger partial charge in [-0.15, -0.1) is 0 Å². The summed E-state index contributed by atoms with van der Waals surface area (Å²) in [6.45, 7) is 4.19. The normalized spacial score (nSPS) is 12.6. The van der Waals surface area contributed by atoms with Crippen LogP contribution in [0.3, 0.4) is 0 Å². The molecule has 0 heterocycles. The molecule has 1 heteroatoms. The molecule has 0 aromatic rings. The van der Waals surface area contributed by atoms with Crippen molar-refractivity contribution >= 4 is 0 Å². The third-order valence-electron chi connectivity index (χ3n) is 1.42. The highest BCUT2D eigenvalue weighted by atomic mass is 15.1. The van der Waals surface area contributed by atoms with Crippen LogP contribution in [0.4, 0.5) is 0 Å². The Kier molecular flexibility index (Phi) is 4.73. The lowest BCUT2D eigenvalue weighted by Crippen LogP contribution is -2.09. The highest BCUT2D eigenvalue weighted by Crippen LogP contribution is 2.02. The van der Waals surface area contributed by atoms with E-state index < -0.39 is 0 Å². The van der Waals surface area contributed by atoms with Gasteiger partial charge in [-0.1, -0.05) is 19.1 Å². The lowest BCUT2D eigenvalue weighted by atomic mass is 10.3. The molecule has 0 amide bonds. The van der Waals surface area contributed by atoms with Crippen LogP contribution >= 0.6 is 0 Å². The van der Waals surface area contributed by atoms with Crippen molar-refractivity contribution in [1.82, 2.24) is 4.90 Å². The zero-order valence-corrected chi connectivity index (χ0v) is 7.39. The van der Waals surface area contributed by atoms with Crippen LogP contribution in [-0.2, 0) is 0 Å². The van der Waals surface area contributed by atoms with Crippen LogP contribution in [0.2, 0.25) is 0 Å². The van der Waals surface area contributed by atoms with Crippen molar-refractivity contribution in [2.24, 2.45) is 0 Å². The highest BCUT2D eigenvalue weighted by molar-refractivity contribution is 5.09. The van der Waals surface area contributed by atoms with E-state index in [1.54, 1.807) is 0 Å². The van der Waals surface area contributed by atoms with E-state index in [1.165, 1.54) is 5.70 Å². The second kappa shape index (κ2) is 5.10. The molecule has 58 valence electrons. The maximum atomic E-state index is 2.16. The minimum absolute atomic E-state index is 1.09. The van der Waals surface area contributed by atoms with Gasteiger partial charge in [-0.3, -0.25) is 0 Å². The SMILES string of the molecule is C/C=C\C=C(/CC)N(C)C. The Morgan fingerprint density at radius 1 is 1.40 bits per heavy atom. The molecule has 0 bridgehead atoms. The van der Waals surface area contributed by atoms with Crippen molar-refractivity contribution in [3.8, 4) is 0 Å². The van der Waals surface area contributed by atoms with Gasteiger partial charge in [0.05, 0.1) is 0 Å². The molecule has 0 unspecified atom stereocenters. The van der Waals surface area contributed by atoms with Gasteiger partial charge in [0.1, 0.15) is 0 Å². The van der Waals surface area contributed by atoms with Gasteiger partial charge in [0.25, 0.3) is 0 Å². The number of nitrogens with zero attached hydrogens (tertiary/aromatic N) is 1. The summed E-state index contributed by atoms with van der Waals surface area (Å²) in [5.41, 5.74) is 1.36. The van der Waals surface area contributed by atoms with Crippen molar-refractivity contribution in [2.75, 3.05) is 14.1 Å². The van der Waals surface area contributed by atoms with E-state index in [1.807, 2.05) is 13.0 Å². The van der Waals surface area contributed by atoms with Crippen molar-refractivity contribution in [1.29, 1.82) is 0 Å². The first kappa shape index (κ1) is 9.28. The van der Waals surface area contributed by atoms with Crippen LogP contribution in [-0.4, -0.2) is 19.0 Å². The molecular weight excluding hydrogens is 122 g/mol. The fraction of sp³-hybridized carbons (Fsp3) is 0.556. The van der Waals surface area contributed by atoms with Crippen molar-refractivity contribution in [3.05, 3.63) is 23.9 Å². The third kappa shape index (κ3) is 3.33. The summed E-state index contributed by atoms with van der Waals surface area (Å²) >= 11 is 0. The van der Waals surface area contributed by atoms with Gasteiger partial charge in [0.2, 0.25) is 0 Å². The summed E-state index contributed by atoms with van der Waals surface area (Å²) in [7, 11) is 4.14. The molecule has 0 aromatic heterocycles. The molecule has 0 radical (unpaired) electrons. The maximum Gasteiger partial charge on any atom is 0.0124 e. The lowest BCUT2D eigenvalue weighted by Gasteiger charge is -2.14. The molecule has 0 aliphatic carbocycles. The van der Waals surface area contributed by atoms with Crippen LogP contribution in [0, 0.1) is 0 Å². The molecule has 0 rings (SSSR count). The topological polar surface area (TPSA) is 3.24 Å². The zero-order valence-electron chi connectivity index (χ0n) is 7.39. The van der Waals surface area contributed by atoms with E-state index >= 15 is 0 Å². The fourth-order valence-electron chi connectivity index (χ4n) is 0.790. The maximum absolute atomic E-state index is 2.16. The molecule has 0 aromatic carbocycles. The molecule has 0 fully saturated rings. The van der Waals surface area contributed by atoms with Crippen LogP contribution < -0.4 is 0 Å². The zero-order chi connectivity index (χ0) is 7.98. The Balaban J connectivity index is 4.04. The number of hydrogen-bond acceptors (Lipinski definition) is 1. The van der Waals surface area contributed by atoms with E-state index in [0.717, 1.165) is 6.42 Å². The van der Waals surface area contributed by atoms with Crippen LogP contribution in [0.5, 0.6) is 0 Å². The molecule has 0 N–H and O–H groups in total. The minimum Gasteiger partial charge on any atom is -0.381 e. The average Bonchev–Trinajstić information content (AvgIpc) is 1.89. The fourth-order valence-corrected chi connectivity index (χ4v) is 0.790.